The van der Waals surface area contributed by atoms with Crippen LogP contribution in [-0.2, 0) is 0 Å². The first-order valence-corrected chi connectivity index (χ1v) is 8.30. The van der Waals surface area contributed by atoms with E-state index in [0.717, 1.165) is 39.6 Å². The molecule has 6 nitrogen and oxygen atoms in total. The fourth-order valence-corrected chi connectivity index (χ4v) is 3.08. The highest BCUT2D eigenvalue weighted by molar-refractivity contribution is 5.82. The van der Waals surface area contributed by atoms with E-state index in [4.69, 9.17) is 5.73 Å². The topological polar surface area (TPSA) is 82.5 Å². The number of aromatic nitrogens is 5. The second kappa shape index (κ2) is 6.40. The van der Waals surface area contributed by atoms with Gasteiger partial charge in [0, 0.05) is 17.5 Å². The van der Waals surface area contributed by atoms with Crippen LogP contribution in [0.25, 0.3) is 28.2 Å². The summed E-state index contributed by atoms with van der Waals surface area (Å²) in [6, 6.07) is 15.9. The molecule has 128 valence electrons. The zero-order chi connectivity index (χ0) is 18.1. The third-order valence-electron chi connectivity index (χ3n) is 4.18. The van der Waals surface area contributed by atoms with Gasteiger partial charge in [0.1, 0.15) is 5.69 Å². The van der Waals surface area contributed by atoms with Crippen LogP contribution in [0.2, 0.25) is 0 Å². The summed E-state index contributed by atoms with van der Waals surface area (Å²) in [5.74, 6) is 0.243. The quantitative estimate of drug-likeness (QED) is 0.615. The summed E-state index contributed by atoms with van der Waals surface area (Å²) in [6.07, 6.45) is 3.55. The van der Waals surface area contributed by atoms with E-state index < -0.39 is 0 Å². The summed E-state index contributed by atoms with van der Waals surface area (Å²) < 4.78 is 1.86. The normalized spacial score (nSPS) is 10.8. The van der Waals surface area contributed by atoms with Crippen molar-refractivity contribution in [2.75, 3.05) is 5.73 Å². The Labute approximate surface area is 151 Å². The van der Waals surface area contributed by atoms with E-state index in [1.54, 1.807) is 12.4 Å². The van der Waals surface area contributed by atoms with Crippen molar-refractivity contribution in [2.45, 2.75) is 13.8 Å². The van der Waals surface area contributed by atoms with Crippen molar-refractivity contribution in [1.82, 2.24) is 24.7 Å². The molecule has 0 amide bonds. The molecule has 4 rings (SSSR count). The number of benzene rings is 1. The van der Waals surface area contributed by atoms with E-state index in [1.807, 2.05) is 67.1 Å². The molecule has 0 aliphatic heterocycles. The lowest BCUT2D eigenvalue weighted by atomic mass is 10.0. The van der Waals surface area contributed by atoms with Crippen molar-refractivity contribution < 1.29 is 0 Å². The summed E-state index contributed by atoms with van der Waals surface area (Å²) in [4.78, 5) is 13.2. The van der Waals surface area contributed by atoms with E-state index in [1.165, 1.54) is 0 Å². The molecule has 0 spiro atoms. The third-order valence-corrected chi connectivity index (χ3v) is 4.18. The zero-order valence-electron chi connectivity index (χ0n) is 14.6. The van der Waals surface area contributed by atoms with Gasteiger partial charge < -0.3 is 5.73 Å². The molecule has 0 aliphatic carbocycles. The fraction of sp³-hybridized carbons (Fsp3) is 0.100. The molecule has 26 heavy (non-hydrogen) atoms. The minimum atomic E-state index is 0.243. The summed E-state index contributed by atoms with van der Waals surface area (Å²) in [7, 11) is 0. The van der Waals surface area contributed by atoms with Crippen molar-refractivity contribution in [3.8, 4) is 28.2 Å². The maximum atomic E-state index is 5.97. The van der Waals surface area contributed by atoms with Crippen LogP contribution < -0.4 is 5.73 Å². The Morgan fingerprint density at radius 2 is 1.73 bits per heavy atom. The first-order chi connectivity index (χ1) is 12.6. The Morgan fingerprint density at radius 1 is 0.923 bits per heavy atom. The van der Waals surface area contributed by atoms with E-state index in [2.05, 4.69) is 20.1 Å². The minimum Gasteiger partial charge on any atom is -0.368 e. The number of nitrogen functional groups attached to an aromatic ring is 1. The summed E-state index contributed by atoms with van der Waals surface area (Å²) in [5, 5.41) is 4.48. The van der Waals surface area contributed by atoms with Gasteiger partial charge in [-0.25, -0.2) is 14.6 Å². The minimum absolute atomic E-state index is 0.243. The number of pyridine rings is 1. The van der Waals surface area contributed by atoms with E-state index in [0.29, 0.717) is 0 Å². The number of nitrogens with zero attached hydrogens (tertiary/aromatic N) is 5. The second-order valence-electron chi connectivity index (χ2n) is 6.04. The Morgan fingerprint density at radius 3 is 2.50 bits per heavy atom. The van der Waals surface area contributed by atoms with Crippen molar-refractivity contribution in [2.24, 2.45) is 0 Å². The largest absolute Gasteiger partial charge is 0.368 e. The maximum absolute atomic E-state index is 5.97. The molecule has 6 heteroatoms. The molecule has 0 bridgehead atoms. The van der Waals surface area contributed by atoms with Crippen LogP contribution in [0.3, 0.4) is 0 Å². The Hall–Kier alpha value is -3.54. The summed E-state index contributed by atoms with van der Waals surface area (Å²) in [5.41, 5.74) is 12.2. The number of aryl methyl sites for hydroxylation is 2. The lowest BCUT2D eigenvalue weighted by molar-refractivity contribution is 0.883. The van der Waals surface area contributed by atoms with Crippen LogP contribution in [0.15, 0.2) is 60.9 Å². The van der Waals surface area contributed by atoms with Crippen LogP contribution in [0.5, 0.6) is 0 Å². The van der Waals surface area contributed by atoms with Crippen LogP contribution in [-0.4, -0.2) is 24.7 Å². The zero-order valence-corrected chi connectivity index (χ0v) is 14.6. The number of rotatable bonds is 3. The molecule has 0 radical (unpaired) electrons. The van der Waals surface area contributed by atoms with E-state index in [-0.39, 0.29) is 5.95 Å². The SMILES string of the molecule is Cc1cc(-c2c(C)nc(N)nc2-c2ccnn2-c2ccccc2)ccn1. The highest BCUT2D eigenvalue weighted by Gasteiger charge is 2.18. The van der Waals surface area contributed by atoms with Crippen molar-refractivity contribution in [1.29, 1.82) is 0 Å². The molecular weight excluding hydrogens is 324 g/mol. The molecule has 4 aromatic rings. The van der Waals surface area contributed by atoms with Gasteiger partial charge in [-0.1, -0.05) is 18.2 Å². The molecule has 0 fully saturated rings. The lowest BCUT2D eigenvalue weighted by Crippen LogP contribution is -2.06. The number of hydrogen-bond acceptors (Lipinski definition) is 5. The van der Waals surface area contributed by atoms with Crippen LogP contribution in [0.4, 0.5) is 5.95 Å². The lowest BCUT2D eigenvalue weighted by Gasteiger charge is -2.14. The highest BCUT2D eigenvalue weighted by atomic mass is 15.3. The van der Waals surface area contributed by atoms with Crippen molar-refractivity contribution in [3.63, 3.8) is 0 Å². The number of hydrogen-bond donors (Lipinski definition) is 1. The maximum Gasteiger partial charge on any atom is 0.220 e. The molecule has 2 N–H and O–H groups in total. The average molecular weight is 342 g/mol. The first-order valence-electron chi connectivity index (χ1n) is 8.30. The molecule has 0 unspecified atom stereocenters. The molecule has 0 aliphatic rings. The van der Waals surface area contributed by atoms with Gasteiger partial charge in [0.15, 0.2) is 0 Å². The van der Waals surface area contributed by atoms with Gasteiger partial charge in [0.2, 0.25) is 5.95 Å². The van der Waals surface area contributed by atoms with Gasteiger partial charge in [0.05, 0.1) is 23.3 Å². The van der Waals surface area contributed by atoms with Crippen molar-refractivity contribution >= 4 is 5.95 Å². The standard InChI is InChI=1S/C20H18N6/c1-13-12-15(8-10-22-13)18-14(2)24-20(21)25-19(18)17-9-11-23-26(17)16-6-4-3-5-7-16/h3-12H,1-2H3,(H2,21,24,25). The van der Waals surface area contributed by atoms with Crippen LogP contribution >= 0.6 is 0 Å². The summed E-state index contributed by atoms with van der Waals surface area (Å²) >= 11 is 0. The molecular formula is C20H18N6. The van der Waals surface area contributed by atoms with E-state index in [9.17, 15) is 0 Å². The van der Waals surface area contributed by atoms with E-state index >= 15 is 0 Å². The Balaban J connectivity index is 1.98. The third kappa shape index (κ3) is 2.82. The predicted molar refractivity (Wildman–Crippen MR) is 102 cm³/mol. The first kappa shape index (κ1) is 16.0. The number of nitrogens with two attached hydrogens (primary N) is 1. The molecule has 0 saturated carbocycles. The van der Waals surface area contributed by atoms with Gasteiger partial charge >= 0.3 is 0 Å². The molecule has 3 aromatic heterocycles. The van der Waals surface area contributed by atoms with Gasteiger partial charge in [0.25, 0.3) is 0 Å². The molecule has 1 aromatic carbocycles. The fourth-order valence-electron chi connectivity index (χ4n) is 3.08. The van der Waals surface area contributed by atoms with Crippen LogP contribution in [0.1, 0.15) is 11.4 Å². The van der Waals surface area contributed by atoms with Gasteiger partial charge in [-0.3, -0.25) is 4.98 Å². The van der Waals surface area contributed by atoms with Gasteiger partial charge in [-0.2, -0.15) is 5.10 Å². The Kier molecular flexibility index (Phi) is 3.93. The van der Waals surface area contributed by atoms with Gasteiger partial charge in [-0.15, -0.1) is 0 Å². The monoisotopic (exact) mass is 342 g/mol. The smallest absolute Gasteiger partial charge is 0.220 e. The second-order valence-corrected chi connectivity index (χ2v) is 6.04. The number of para-hydroxylation sites is 1. The molecule has 3 heterocycles. The van der Waals surface area contributed by atoms with Crippen molar-refractivity contribution in [3.05, 3.63) is 72.3 Å². The predicted octanol–water partition coefficient (Wildman–Crippen LogP) is 3.59. The average Bonchev–Trinajstić information content (AvgIpc) is 3.11. The number of anilines is 1. The highest BCUT2D eigenvalue weighted by Crippen LogP contribution is 2.34. The Bertz CT molecular complexity index is 1070. The molecule has 0 saturated heterocycles. The summed E-state index contributed by atoms with van der Waals surface area (Å²) in [6.45, 7) is 3.90. The molecule has 0 atom stereocenters. The van der Waals surface area contributed by atoms with Crippen LogP contribution in [0, 0.1) is 13.8 Å². The van der Waals surface area contributed by atoms with Gasteiger partial charge in [-0.05, 0) is 49.7 Å².